The van der Waals surface area contributed by atoms with Crippen molar-refractivity contribution in [2.24, 2.45) is 10.9 Å². The van der Waals surface area contributed by atoms with Gasteiger partial charge < -0.3 is 20.0 Å². The zero-order chi connectivity index (χ0) is 20.8. The fourth-order valence-corrected chi connectivity index (χ4v) is 6.13. The molecule has 4 rings (SSSR count). The lowest BCUT2D eigenvalue weighted by Gasteiger charge is -2.49. The van der Waals surface area contributed by atoms with E-state index in [2.05, 4.69) is 38.9 Å². The third-order valence-corrected chi connectivity index (χ3v) is 8.10. The number of hydrogen-bond acceptors (Lipinski definition) is 4. The second-order valence-corrected chi connectivity index (χ2v) is 10.4. The highest BCUT2D eigenvalue weighted by Gasteiger charge is 2.40. The molecule has 0 amide bonds. The molecule has 0 radical (unpaired) electrons. The van der Waals surface area contributed by atoms with Gasteiger partial charge in [0.05, 0.1) is 6.54 Å². The average Bonchev–Trinajstić information content (AvgIpc) is 3.46. The lowest BCUT2D eigenvalue weighted by atomic mass is 9.84. The molecule has 4 aliphatic heterocycles. The van der Waals surface area contributed by atoms with E-state index >= 15 is 0 Å². The molecule has 7 heteroatoms. The predicted molar refractivity (Wildman–Crippen MR) is 142 cm³/mol. The Kier molecular flexibility index (Phi) is 10.2. The first kappa shape index (κ1) is 25.5. The third-order valence-electron chi connectivity index (χ3n) is 8.10. The summed E-state index contributed by atoms with van der Waals surface area (Å²) in [5.41, 5.74) is 0.280. The summed E-state index contributed by atoms with van der Waals surface area (Å²) in [6.45, 7) is 15.4. The molecule has 180 valence electrons. The zero-order valence-corrected chi connectivity index (χ0v) is 22.5. The standard InChI is InChI=1S/C24H46N6.HI/c1-3-25-23(29-16-9-22(20-29)19-28-12-7-8-13-28)26-21-24(10-17-27(2)18-11-24)30-14-5-4-6-15-30;/h22H,3-21H2,1-2H3,(H,25,26);1H. The van der Waals surface area contributed by atoms with Crippen LogP contribution in [0.4, 0.5) is 0 Å². The van der Waals surface area contributed by atoms with E-state index in [0.29, 0.717) is 0 Å². The third kappa shape index (κ3) is 6.70. The summed E-state index contributed by atoms with van der Waals surface area (Å²) in [5, 5.41) is 3.64. The number of guanidine groups is 1. The minimum atomic E-state index is 0. The minimum absolute atomic E-state index is 0. The molecule has 1 atom stereocenters. The number of likely N-dealkylation sites (tertiary alicyclic amines) is 4. The SMILES string of the molecule is CCNC(=NCC1(N2CCCCC2)CCN(C)CC1)N1CCC(CN2CCCC2)C1.I. The van der Waals surface area contributed by atoms with Crippen LogP contribution >= 0.6 is 24.0 Å². The van der Waals surface area contributed by atoms with Crippen LogP contribution in [0.1, 0.15) is 58.3 Å². The normalized spacial score (nSPS) is 28.6. The zero-order valence-electron chi connectivity index (χ0n) is 20.2. The molecule has 31 heavy (non-hydrogen) atoms. The van der Waals surface area contributed by atoms with Gasteiger partial charge in [-0.25, -0.2) is 0 Å². The Balaban J connectivity index is 0.00000272. The Labute approximate surface area is 208 Å². The maximum atomic E-state index is 5.32. The Morgan fingerprint density at radius 1 is 0.935 bits per heavy atom. The number of rotatable bonds is 6. The first-order chi connectivity index (χ1) is 14.7. The van der Waals surface area contributed by atoms with Crippen LogP contribution in [0.5, 0.6) is 0 Å². The number of halogens is 1. The highest BCUT2D eigenvalue weighted by atomic mass is 127. The molecule has 4 saturated heterocycles. The maximum absolute atomic E-state index is 5.32. The van der Waals surface area contributed by atoms with Crippen LogP contribution in [0.15, 0.2) is 4.99 Å². The van der Waals surface area contributed by atoms with Gasteiger partial charge in [-0.15, -0.1) is 24.0 Å². The lowest BCUT2D eigenvalue weighted by molar-refractivity contribution is 0.0206. The highest BCUT2D eigenvalue weighted by molar-refractivity contribution is 14.0. The molecule has 0 aliphatic carbocycles. The monoisotopic (exact) mass is 546 g/mol. The van der Waals surface area contributed by atoms with Crippen LogP contribution in [0.3, 0.4) is 0 Å². The molecule has 1 N–H and O–H groups in total. The summed E-state index contributed by atoms with van der Waals surface area (Å²) >= 11 is 0. The molecule has 4 aliphatic rings. The van der Waals surface area contributed by atoms with Crippen LogP contribution in [-0.2, 0) is 0 Å². The summed E-state index contributed by atoms with van der Waals surface area (Å²) in [7, 11) is 2.28. The number of piperidine rings is 2. The molecule has 4 fully saturated rings. The van der Waals surface area contributed by atoms with E-state index in [4.69, 9.17) is 4.99 Å². The Hall–Kier alpha value is -0.120. The van der Waals surface area contributed by atoms with Crippen LogP contribution < -0.4 is 5.32 Å². The second kappa shape index (κ2) is 12.4. The van der Waals surface area contributed by atoms with E-state index in [9.17, 15) is 0 Å². The number of nitrogens with zero attached hydrogens (tertiary/aromatic N) is 5. The van der Waals surface area contributed by atoms with E-state index in [1.165, 1.54) is 116 Å². The summed E-state index contributed by atoms with van der Waals surface area (Å²) in [6, 6.07) is 0. The van der Waals surface area contributed by atoms with Crippen molar-refractivity contribution in [1.29, 1.82) is 0 Å². The highest BCUT2D eigenvalue weighted by Crippen LogP contribution is 2.32. The van der Waals surface area contributed by atoms with Crippen molar-refractivity contribution < 1.29 is 0 Å². The molecule has 0 bridgehead atoms. The van der Waals surface area contributed by atoms with E-state index in [-0.39, 0.29) is 29.5 Å². The van der Waals surface area contributed by atoms with Crippen molar-refractivity contribution in [1.82, 2.24) is 24.9 Å². The molecule has 1 unspecified atom stereocenters. The van der Waals surface area contributed by atoms with Crippen LogP contribution in [0.25, 0.3) is 0 Å². The van der Waals surface area contributed by atoms with Crippen molar-refractivity contribution in [3.8, 4) is 0 Å². The molecule has 0 aromatic rings. The van der Waals surface area contributed by atoms with Crippen molar-refractivity contribution in [3.63, 3.8) is 0 Å². The summed E-state index contributed by atoms with van der Waals surface area (Å²) in [6.07, 6.45) is 10.8. The minimum Gasteiger partial charge on any atom is -0.357 e. The van der Waals surface area contributed by atoms with E-state index in [0.717, 1.165) is 19.0 Å². The number of hydrogen-bond donors (Lipinski definition) is 1. The Bertz CT molecular complexity index is 550. The van der Waals surface area contributed by atoms with Crippen LogP contribution in [-0.4, -0.2) is 110 Å². The van der Waals surface area contributed by atoms with Crippen molar-refractivity contribution in [3.05, 3.63) is 0 Å². The predicted octanol–water partition coefficient (Wildman–Crippen LogP) is 2.94. The molecule has 0 spiro atoms. The molecule has 0 aromatic heterocycles. The van der Waals surface area contributed by atoms with Gasteiger partial charge in [0.25, 0.3) is 0 Å². The van der Waals surface area contributed by atoms with Gasteiger partial charge in [-0.2, -0.15) is 0 Å². The number of nitrogens with one attached hydrogen (secondary N) is 1. The van der Waals surface area contributed by atoms with Crippen molar-refractivity contribution in [2.45, 2.75) is 63.8 Å². The van der Waals surface area contributed by atoms with Crippen LogP contribution in [0, 0.1) is 5.92 Å². The second-order valence-electron chi connectivity index (χ2n) is 10.4. The lowest BCUT2D eigenvalue weighted by Crippen LogP contribution is -2.58. The van der Waals surface area contributed by atoms with Crippen LogP contribution in [0.2, 0.25) is 0 Å². The van der Waals surface area contributed by atoms with Gasteiger partial charge in [0, 0.05) is 31.7 Å². The molecule has 4 heterocycles. The first-order valence-corrected chi connectivity index (χ1v) is 12.9. The van der Waals surface area contributed by atoms with Crippen molar-refractivity contribution in [2.75, 3.05) is 79.0 Å². The van der Waals surface area contributed by atoms with Gasteiger partial charge in [-0.3, -0.25) is 9.89 Å². The maximum Gasteiger partial charge on any atom is 0.193 e. The smallest absolute Gasteiger partial charge is 0.193 e. The van der Waals surface area contributed by atoms with Gasteiger partial charge in [-0.1, -0.05) is 6.42 Å². The van der Waals surface area contributed by atoms with E-state index in [1.54, 1.807) is 0 Å². The largest absolute Gasteiger partial charge is 0.357 e. The molecule has 6 nitrogen and oxygen atoms in total. The molecule has 0 aromatic carbocycles. The van der Waals surface area contributed by atoms with Gasteiger partial charge in [-0.05, 0) is 104 Å². The summed E-state index contributed by atoms with van der Waals surface area (Å²) < 4.78 is 0. The van der Waals surface area contributed by atoms with E-state index in [1.807, 2.05) is 0 Å². The van der Waals surface area contributed by atoms with Gasteiger partial charge in [0.1, 0.15) is 0 Å². The fraction of sp³-hybridized carbons (Fsp3) is 0.958. The average molecular weight is 547 g/mol. The first-order valence-electron chi connectivity index (χ1n) is 12.9. The summed E-state index contributed by atoms with van der Waals surface area (Å²) in [5.74, 6) is 1.99. The van der Waals surface area contributed by atoms with E-state index < -0.39 is 0 Å². The Morgan fingerprint density at radius 2 is 1.61 bits per heavy atom. The fourth-order valence-electron chi connectivity index (χ4n) is 6.13. The Morgan fingerprint density at radius 3 is 2.29 bits per heavy atom. The van der Waals surface area contributed by atoms with Gasteiger partial charge in [0.2, 0.25) is 0 Å². The van der Waals surface area contributed by atoms with Gasteiger partial charge in [0.15, 0.2) is 5.96 Å². The molecule has 0 saturated carbocycles. The molecular weight excluding hydrogens is 499 g/mol. The van der Waals surface area contributed by atoms with Crippen molar-refractivity contribution >= 4 is 29.9 Å². The number of aliphatic imine (C=N–C) groups is 1. The summed E-state index contributed by atoms with van der Waals surface area (Å²) in [4.78, 5) is 15.9. The molecular formula is C24H47IN6. The van der Waals surface area contributed by atoms with Gasteiger partial charge >= 0.3 is 0 Å². The topological polar surface area (TPSA) is 37.4 Å². The quantitative estimate of drug-likeness (QED) is 0.315.